The van der Waals surface area contributed by atoms with Crippen LogP contribution in [0.3, 0.4) is 0 Å². The summed E-state index contributed by atoms with van der Waals surface area (Å²) in [7, 11) is 0. The van der Waals surface area contributed by atoms with Crippen LogP contribution in [0.25, 0.3) is 11.0 Å². The first-order valence-electron chi connectivity index (χ1n) is 10.9. The zero-order chi connectivity index (χ0) is 22.1. The number of rotatable bonds is 7. The number of para-hydroxylation sites is 2. The summed E-state index contributed by atoms with van der Waals surface area (Å²) in [5, 5.41) is 12.2. The molecule has 2 N–H and O–H groups in total. The third-order valence-electron chi connectivity index (χ3n) is 6.24. The first kappa shape index (κ1) is 20.7. The largest absolute Gasteiger partial charge is 0.424 e. The SMILES string of the molecule is CC(NC(=O)CCc1nnc(C2(c3ccc(Cl)cc3)CCC2)o1)c1nc2ccccc2[nH]1. The van der Waals surface area contributed by atoms with Crippen LogP contribution in [0.15, 0.2) is 52.9 Å². The van der Waals surface area contributed by atoms with Gasteiger partial charge in [0.2, 0.25) is 17.7 Å². The first-order chi connectivity index (χ1) is 15.5. The second-order valence-electron chi connectivity index (χ2n) is 8.37. The average molecular weight is 450 g/mol. The third kappa shape index (κ3) is 3.88. The summed E-state index contributed by atoms with van der Waals surface area (Å²) in [6, 6.07) is 15.4. The van der Waals surface area contributed by atoms with Crippen LogP contribution in [0.2, 0.25) is 5.02 Å². The molecular formula is C24H24ClN5O2. The maximum Gasteiger partial charge on any atom is 0.227 e. The summed E-state index contributed by atoms with van der Waals surface area (Å²) in [6.07, 6.45) is 3.70. The number of hydrogen-bond acceptors (Lipinski definition) is 5. The van der Waals surface area contributed by atoms with E-state index in [0.29, 0.717) is 23.2 Å². The van der Waals surface area contributed by atoms with E-state index in [1.54, 1.807) is 0 Å². The zero-order valence-corrected chi connectivity index (χ0v) is 18.5. The lowest BCUT2D eigenvalue weighted by Crippen LogP contribution is -2.35. The molecule has 2 heterocycles. The number of benzene rings is 2. The van der Waals surface area contributed by atoms with Gasteiger partial charge in [-0.25, -0.2) is 4.98 Å². The van der Waals surface area contributed by atoms with Crippen LogP contribution in [-0.2, 0) is 16.6 Å². The topological polar surface area (TPSA) is 96.7 Å². The molecule has 1 atom stereocenters. The molecule has 4 aromatic rings. The number of H-pyrrole nitrogens is 1. The molecule has 2 aromatic heterocycles. The number of carbonyl (C=O) groups is 1. The van der Waals surface area contributed by atoms with Gasteiger partial charge in [-0.2, -0.15) is 0 Å². The van der Waals surface area contributed by atoms with E-state index in [1.165, 1.54) is 0 Å². The fourth-order valence-corrected chi connectivity index (χ4v) is 4.38. The number of carbonyl (C=O) groups excluding carboxylic acids is 1. The lowest BCUT2D eigenvalue weighted by Gasteiger charge is -2.39. The summed E-state index contributed by atoms with van der Waals surface area (Å²) in [5.74, 6) is 1.74. The van der Waals surface area contributed by atoms with Gasteiger partial charge in [0.05, 0.1) is 22.5 Å². The molecule has 1 amide bonds. The molecule has 1 unspecified atom stereocenters. The molecule has 0 saturated heterocycles. The van der Waals surface area contributed by atoms with Gasteiger partial charge in [-0.05, 0) is 49.6 Å². The van der Waals surface area contributed by atoms with Crippen molar-refractivity contribution in [2.24, 2.45) is 0 Å². The highest BCUT2D eigenvalue weighted by Gasteiger charge is 2.45. The van der Waals surface area contributed by atoms with Gasteiger partial charge >= 0.3 is 0 Å². The van der Waals surface area contributed by atoms with E-state index in [0.717, 1.165) is 41.7 Å². The standard InChI is InChI=1S/C24H24ClN5O2/c1-15(22-27-18-5-2-3-6-19(18)28-22)26-20(31)11-12-21-29-30-23(32-21)24(13-4-14-24)16-7-9-17(25)10-8-16/h2-3,5-10,15H,4,11-14H2,1H3,(H,26,31)(H,27,28). The van der Waals surface area contributed by atoms with Gasteiger partial charge in [0, 0.05) is 17.9 Å². The Morgan fingerprint density at radius 3 is 2.69 bits per heavy atom. The monoisotopic (exact) mass is 449 g/mol. The Kier molecular flexibility index (Phi) is 5.43. The van der Waals surface area contributed by atoms with Crippen molar-refractivity contribution in [3.63, 3.8) is 0 Å². The van der Waals surface area contributed by atoms with Crippen LogP contribution < -0.4 is 5.32 Å². The molecule has 5 rings (SSSR count). The van der Waals surface area contributed by atoms with Crippen LogP contribution >= 0.6 is 11.6 Å². The van der Waals surface area contributed by atoms with E-state index in [4.69, 9.17) is 16.0 Å². The highest BCUT2D eigenvalue weighted by Crippen LogP contribution is 2.48. The number of aromatic nitrogens is 4. The van der Waals surface area contributed by atoms with E-state index in [9.17, 15) is 4.79 Å². The van der Waals surface area contributed by atoms with Crippen molar-refractivity contribution >= 4 is 28.5 Å². The normalized spacial score (nSPS) is 15.9. The molecular weight excluding hydrogens is 426 g/mol. The van der Waals surface area contributed by atoms with Gasteiger partial charge in [0.15, 0.2) is 0 Å². The number of halogens is 1. The lowest BCUT2D eigenvalue weighted by molar-refractivity contribution is -0.121. The maximum absolute atomic E-state index is 12.5. The molecule has 1 aliphatic rings. The molecule has 1 aliphatic carbocycles. The second kappa shape index (κ2) is 8.39. The summed E-state index contributed by atoms with van der Waals surface area (Å²) in [6.45, 7) is 1.91. The van der Waals surface area contributed by atoms with E-state index in [2.05, 4.69) is 25.5 Å². The van der Waals surface area contributed by atoms with Gasteiger partial charge < -0.3 is 14.7 Å². The molecule has 7 nitrogen and oxygen atoms in total. The van der Waals surface area contributed by atoms with E-state index in [-0.39, 0.29) is 23.8 Å². The molecule has 0 aliphatic heterocycles. The number of fused-ring (bicyclic) bond motifs is 1. The Morgan fingerprint density at radius 1 is 1.19 bits per heavy atom. The fraction of sp³-hybridized carbons (Fsp3) is 0.333. The molecule has 8 heteroatoms. The van der Waals surface area contributed by atoms with E-state index < -0.39 is 0 Å². The molecule has 2 aromatic carbocycles. The first-order valence-corrected chi connectivity index (χ1v) is 11.2. The Hall–Kier alpha value is -3.19. The van der Waals surface area contributed by atoms with Crippen molar-refractivity contribution in [3.8, 4) is 0 Å². The summed E-state index contributed by atoms with van der Waals surface area (Å²) in [4.78, 5) is 20.3. The third-order valence-corrected chi connectivity index (χ3v) is 6.49. The Balaban J connectivity index is 1.21. The van der Waals surface area contributed by atoms with Gasteiger partial charge in [-0.1, -0.05) is 42.3 Å². The van der Waals surface area contributed by atoms with Crippen molar-refractivity contribution in [2.45, 2.75) is 50.5 Å². The van der Waals surface area contributed by atoms with Crippen LogP contribution in [0.4, 0.5) is 0 Å². The van der Waals surface area contributed by atoms with E-state index in [1.807, 2.05) is 55.5 Å². The Labute approximate surface area is 190 Å². The number of hydrogen-bond donors (Lipinski definition) is 2. The molecule has 164 valence electrons. The average Bonchev–Trinajstić information content (AvgIpc) is 3.40. The van der Waals surface area contributed by atoms with Crippen LogP contribution in [0.1, 0.15) is 61.8 Å². The smallest absolute Gasteiger partial charge is 0.227 e. The van der Waals surface area contributed by atoms with Gasteiger partial charge in [-0.15, -0.1) is 10.2 Å². The Bertz CT molecular complexity index is 1210. The van der Waals surface area contributed by atoms with E-state index >= 15 is 0 Å². The number of imidazole rings is 1. The minimum atomic E-state index is -0.242. The quantitative estimate of drug-likeness (QED) is 0.419. The van der Waals surface area contributed by atoms with Gasteiger partial charge in [-0.3, -0.25) is 4.79 Å². The van der Waals surface area contributed by atoms with Crippen LogP contribution in [0.5, 0.6) is 0 Å². The molecule has 1 fully saturated rings. The molecule has 0 spiro atoms. The molecule has 1 saturated carbocycles. The number of aromatic amines is 1. The van der Waals surface area contributed by atoms with Gasteiger partial charge in [0.1, 0.15) is 5.82 Å². The molecule has 0 bridgehead atoms. The Morgan fingerprint density at radius 2 is 1.97 bits per heavy atom. The van der Waals surface area contributed by atoms with Gasteiger partial charge in [0.25, 0.3) is 0 Å². The highest BCUT2D eigenvalue weighted by atomic mass is 35.5. The second-order valence-corrected chi connectivity index (χ2v) is 8.81. The van der Waals surface area contributed by atoms with Crippen molar-refractivity contribution in [2.75, 3.05) is 0 Å². The molecule has 0 radical (unpaired) electrons. The number of amides is 1. The fourth-order valence-electron chi connectivity index (χ4n) is 4.25. The highest BCUT2D eigenvalue weighted by molar-refractivity contribution is 6.30. The number of nitrogens with zero attached hydrogens (tertiary/aromatic N) is 3. The van der Waals surface area contributed by atoms with Crippen molar-refractivity contribution in [3.05, 3.63) is 76.7 Å². The van der Waals surface area contributed by atoms with Crippen LogP contribution in [0, 0.1) is 0 Å². The minimum absolute atomic E-state index is 0.0891. The summed E-state index contributed by atoms with van der Waals surface area (Å²) < 4.78 is 6.00. The predicted octanol–water partition coefficient (Wildman–Crippen LogP) is 4.88. The zero-order valence-electron chi connectivity index (χ0n) is 17.8. The maximum atomic E-state index is 12.5. The molecule has 32 heavy (non-hydrogen) atoms. The lowest BCUT2D eigenvalue weighted by atomic mass is 9.64. The number of nitrogens with one attached hydrogen (secondary N) is 2. The summed E-state index contributed by atoms with van der Waals surface area (Å²) >= 11 is 6.04. The minimum Gasteiger partial charge on any atom is -0.424 e. The number of aryl methyl sites for hydroxylation is 1. The van der Waals surface area contributed by atoms with Crippen molar-refractivity contribution < 1.29 is 9.21 Å². The van der Waals surface area contributed by atoms with Crippen molar-refractivity contribution in [1.29, 1.82) is 0 Å². The van der Waals surface area contributed by atoms with Crippen LogP contribution in [-0.4, -0.2) is 26.1 Å². The summed E-state index contributed by atoms with van der Waals surface area (Å²) in [5.41, 5.74) is 2.73. The predicted molar refractivity (Wildman–Crippen MR) is 121 cm³/mol. The van der Waals surface area contributed by atoms with Crippen molar-refractivity contribution in [1.82, 2.24) is 25.5 Å².